The lowest BCUT2D eigenvalue weighted by Gasteiger charge is -2.31. The van der Waals surface area contributed by atoms with E-state index in [-0.39, 0.29) is 5.91 Å². The van der Waals surface area contributed by atoms with E-state index in [1.54, 1.807) is 18.2 Å². The quantitative estimate of drug-likeness (QED) is 0.839. The highest BCUT2D eigenvalue weighted by molar-refractivity contribution is 7.99. The van der Waals surface area contributed by atoms with Crippen LogP contribution >= 0.6 is 11.8 Å². The van der Waals surface area contributed by atoms with Gasteiger partial charge >= 0.3 is 0 Å². The van der Waals surface area contributed by atoms with Gasteiger partial charge in [-0.3, -0.25) is 4.79 Å². The predicted octanol–water partition coefficient (Wildman–Crippen LogP) is 2.45. The topological polar surface area (TPSA) is 64.4 Å². The van der Waals surface area contributed by atoms with E-state index < -0.39 is 11.3 Å². The van der Waals surface area contributed by atoms with Crippen LogP contribution in [0, 0.1) is 0 Å². The average Bonchev–Trinajstić information content (AvgIpc) is 2.39. The molecule has 1 aliphatic heterocycles. The van der Waals surface area contributed by atoms with Crippen molar-refractivity contribution in [2.75, 3.05) is 18.5 Å². The summed E-state index contributed by atoms with van der Waals surface area (Å²) in [6, 6.07) is 6.35. The third-order valence-electron chi connectivity index (χ3n) is 3.15. The molecule has 20 heavy (non-hydrogen) atoms. The van der Waals surface area contributed by atoms with Gasteiger partial charge in [-0.1, -0.05) is 17.8 Å². The van der Waals surface area contributed by atoms with E-state index in [9.17, 15) is 13.6 Å². The molecule has 1 amide bonds. The van der Waals surface area contributed by atoms with Crippen molar-refractivity contribution in [2.24, 2.45) is 5.73 Å². The fraction of sp³-hybridized carbons (Fsp3) is 0.462. The number of alkyl halides is 2. The van der Waals surface area contributed by atoms with E-state index in [2.05, 4.69) is 5.32 Å². The van der Waals surface area contributed by atoms with Gasteiger partial charge in [-0.15, -0.1) is 0 Å². The predicted molar refractivity (Wildman–Crippen MR) is 73.9 cm³/mol. The number of halogens is 2. The fourth-order valence-corrected chi connectivity index (χ4v) is 2.53. The van der Waals surface area contributed by atoms with E-state index in [0.717, 1.165) is 0 Å². The SMILES string of the molecule is NC1(C(=O)Nc2cccc(SC(F)F)c2)CCOCC1. The van der Waals surface area contributed by atoms with Gasteiger partial charge in [-0.25, -0.2) is 0 Å². The molecule has 0 aliphatic carbocycles. The highest BCUT2D eigenvalue weighted by Crippen LogP contribution is 2.28. The first-order chi connectivity index (χ1) is 9.49. The summed E-state index contributed by atoms with van der Waals surface area (Å²) in [5.74, 6) is -2.79. The van der Waals surface area contributed by atoms with Crippen molar-refractivity contribution in [2.45, 2.75) is 29.0 Å². The van der Waals surface area contributed by atoms with Crippen LogP contribution in [0.3, 0.4) is 0 Å². The molecule has 3 N–H and O–H groups in total. The van der Waals surface area contributed by atoms with Crippen LogP contribution in [-0.2, 0) is 9.53 Å². The van der Waals surface area contributed by atoms with Gasteiger partial charge in [0.2, 0.25) is 5.91 Å². The summed E-state index contributed by atoms with van der Waals surface area (Å²) in [7, 11) is 0. The molecular formula is C13H16F2N2O2S. The van der Waals surface area contributed by atoms with Crippen LogP contribution in [0.2, 0.25) is 0 Å². The van der Waals surface area contributed by atoms with Crippen molar-refractivity contribution in [3.8, 4) is 0 Å². The largest absolute Gasteiger partial charge is 0.381 e. The lowest BCUT2D eigenvalue weighted by Crippen LogP contribution is -2.54. The zero-order chi connectivity index (χ0) is 14.6. The number of ether oxygens (including phenoxy) is 1. The molecule has 110 valence electrons. The van der Waals surface area contributed by atoms with Crippen LogP contribution in [0.25, 0.3) is 0 Å². The molecule has 0 bridgehead atoms. The Morgan fingerprint density at radius 1 is 1.40 bits per heavy atom. The molecule has 0 saturated carbocycles. The molecule has 1 fully saturated rings. The maximum Gasteiger partial charge on any atom is 0.288 e. The van der Waals surface area contributed by atoms with Gasteiger partial charge in [0, 0.05) is 23.8 Å². The number of nitrogens with two attached hydrogens (primary N) is 1. The third-order valence-corrected chi connectivity index (χ3v) is 3.86. The minimum absolute atomic E-state index is 0.306. The molecule has 7 heteroatoms. The van der Waals surface area contributed by atoms with Crippen molar-refractivity contribution in [3.05, 3.63) is 24.3 Å². The van der Waals surface area contributed by atoms with Gasteiger partial charge in [-0.2, -0.15) is 8.78 Å². The van der Waals surface area contributed by atoms with Crippen LogP contribution in [0.5, 0.6) is 0 Å². The molecule has 1 saturated heterocycles. The summed E-state index contributed by atoms with van der Waals surface area (Å²) in [5.41, 5.74) is 5.57. The van der Waals surface area contributed by atoms with E-state index in [0.29, 0.717) is 48.4 Å². The van der Waals surface area contributed by atoms with E-state index in [1.807, 2.05) is 0 Å². The number of hydrogen-bond donors (Lipinski definition) is 2. The first kappa shape index (κ1) is 15.2. The van der Waals surface area contributed by atoms with Crippen LogP contribution in [0.4, 0.5) is 14.5 Å². The first-order valence-electron chi connectivity index (χ1n) is 6.22. The minimum Gasteiger partial charge on any atom is -0.381 e. The Balaban J connectivity index is 2.03. The lowest BCUT2D eigenvalue weighted by molar-refractivity contribution is -0.124. The average molecular weight is 302 g/mol. The smallest absolute Gasteiger partial charge is 0.288 e. The molecule has 0 radical (unpaired) electrons. The normalized spacial score (nSPS) is 18.0. The number of nitrogens with one attached hydrogen (secondary N) is 1. The van der Waals surface area contributed by atoms with Crippen LogP contribution in [-0.4, -0.2) is 30.4 Å². The Morgan fingerprint density at radius 2 is 2.10 bits per heavy atom. The Hall–Kier alpha value is -1.18. The molecule has 1 aromatic carbocycles. The number of amides is 1. The standard InChI is InChI=1S/C13H16F2N2O2S/c14-12(15)20-10-3-1-2-9(8-10)17-11(18)13(16)4-6-19-7-5-13/h1-3,8,12H,4-7,16H2,(H,17,18). The molecular weight excluding hydrogens is 286 g/mol. The van der Waals surface area contributed by atoms with Crippen molar-refractivity contribution in [3.63, 3.8) is 0 Å². The highest BCUT2D eigenvalue weighted by Gasteiger charge is 2.35. The monoisotopic (exact) mass is 302 g/mol. The number of carbonyl (C=O) groups excluding carboxylic acids is 1. The van der Waals surface area contributed by atoms with Gasteiger partial charge in [0.25, 0.3) is 5.76 Å². The van der Waals surface area contributed by atoms with Crippen molar-refractivity contribution >= 4 is 23.4 Å². The number of anilines is 1. The Bertz CT molecular complexity index is 479. The lowest BCUT2D eigenvalue weighted by atomic mass is 9.90. The summed E-state index contributed by atoms with van der Waals surface area (Å²) in [4.78, 5) is 12.6. The maximum atomic E-state index is 12.3. The van der Waals surface area contributed by atoms with Crippen LogP contribution in [0.15, 0.2) is 29.2 Å². The second kappa shape index (κ2) is 6.51. The number of rotatable bonds is 4. The Kier molecular flexibility index (Phi) is 4.95. The summed E-state index contributed by atoms with van der Waals surface area (Å²) in [5, 5.41) is 2.69. The van der Waals surface area contributed by atoms with Gasteiger partial charge in [-0.05, 0) is 31.0 Å². The summed E-state index contributed by atoms with van der Waals surface area (Å²) in [6.07, 6.45) is 0.897. The molecule has 0 aromatic heterocycles. The summed E-state index contributed by atoms with van der Waals surface area (Å²) < 4.78 is 29.8. The molecule has 2 rings (SSSR count). The van der Waals surface area contributed by atoms with Crippen molar-refractivity contribution in [1.29, 1.82) is 0 Å². The number of thioether (sulfide) groups is 1. The van der Waals surface area contributed by atoms with E-state index in [4.69, 9.17) is 10.5 Å². The molecule has 0 atom stereocenters. The second-order valence-electron chi connectivity index (χ2n) is 4.63. The minimum atomic E-state index is -2.49. The van der Waals surface area contributed by atoms with E-state index in [1.165, 1.54) is 6.07 Å². The van der Waals surface area contributed by atoms with Gasteiger partial charge in [0.05, 0.1) is 0 Å². The molecule has 1 aromatic rings. The number of benzene rings is 1. The second-order valence-corrected chi connectivity index (χ2v) is 5.69. The summed E-state index contributed by atoms with van der Waals surface area (Å²) in [6.45, 7) is 0.899. The summed E-state index contributed by atoms with van der Waals surface area (Å²) >= 11 is 0.438. The van der Waals surface area contributed by atoms with Crippen molar-refractivity contribution < 1.29 is 18.3 Å². The van der Waals surface area contributed by atoms with E-state index >= 15 is 0 Å². The molecule has 1 heterocycles. The molecule has 0 unspecified atom stereocenters. The van der Waals surface area contributed by atoms with Gasteiger partial charge < -0.3 is 15.8 Å². The van der Waals surface area contributed by atoms with Crippen LogP contribution in [0.1, 0.15) is 12.8 Å². The Morgan fingerprint density at radius 3 is 2.75 bits per heavy atom. The number of hydrogen-bond acceptors (Lipinski definition) is 4. The number of carbonyl (C=O) groups is 1. The highest BCUT2D eigenvalue weighted by atomic mass is 32.2. The third kappa shape index (κ3) is 3.91. The Labute approximate surface area is 120 Å². The molecule has 0 spiro atoms. The zero-order valence-electron chi connectivity index (χ0n) is 10.8. The first-order valence-corrected chi connectivity index (χ1v) is 7.10. The van der Waals surface area contributed by atoms with Crippen molar-refractivity contribution in [1.82, 2.24) is 0 Å². The molecule has 1 aliphatic rings. The zero-order valence-corrected chi connectivity index (χ0v) is 11.6. The fourth-order valence-electron chi connectivity index (χ4n) is 1.97. The van der Waals surface area contributed by atoms with Gasteiger partial charge in [0.15, 0.2) is 0 Å². The maximum absolute atomic E-state index is 12.3. The van der Waals surface area contributed by atoms with Crippen LogP contribution < -0.4 is 11.1 Å². The van der Waals surface area contributed by atoms with Gasteiger partial charge in [0.1, 0.15) is 5.54 Å². The molecule has 4 nitrogen and oxygen atoms in total.